The molecule has 0 aliphatic carbocycles. The van der Waals surface area contributed by atoms with Gasteiger partial charge in [0.25, 0.3) is 0 Å². The molecule has 28 heavy (non-hydrogen) atoms. The second-order valence-electron chi connectivity index (χ2n) is 5.46. The topological polar surface area (TPSA) is 107 Å². The molecule has 0 fully saturated rings. The lowest BCUT2D eigenvalue weighted by Crippen LogP contribution is -2.22. The molecule has 0 aliphatic heterocycles. The summed E-state index contributed by atoms with van der Waals surface area (Å²) in [5, 5.41) is 12.0. The van der Waals surface area contributed by atoms with Crippen LogP contribution in [-0.4, -0.2) is 33.8 Å². The summed E-state index contributed by atoms with van der Waals surface area (Å²) >= 11 is 0. The fourth-order valence-electron chi connectivity index (χ4n) is 2.54. The maximum Gasteiger partial charge on any atom is 0.238 e. The number of ether oxygens (including phenoxy) is 3. The highest BCUT2D eigenvalue weighted by Gasteiger charge is 2.13. The molecule has 0 spiro atoms. The number of anilines is 1. The minimum atomic E-state index is -0.348. The van der Waals surface area contributed by atoms with Crippen LogP contribution in [0.5, 0.6) is 17.2 Å². The standard InChI is InChI=1S/C20H21N3O4.ClH/c1-25-15-8-14(9-16(11-15)26-2)17(6-7-21)13-4-5-19(27-3)18(10-13)23-20(24)12-22;/h4-6,8-11H,12,22H2,1-3H3,(H,23,24);1H/b17-6+;. The third-order valence-corrected chi connectivity index (χ3v) is 3.84. The zero-order chi connectivity index (χ0) is 19.8. The number of amides is 1. The minimum Gasteiger partial charge on any atom is -0.497 e. The van der Waals surface area contributed by atoms with Crippen molar-refractivity contribution in [2.75, 3.05) is 33.2 Å². The molecule has 3 N–H and O–H groups in total. The number of rotatable bonds is 7. The van der Waals surface area contributed by atoms with E-state index in [0.29, 0.717) is 34.1 Å². The number of nitrogens with two attached hydrogens (primary N) is 1. The van der Waals surface area contributed by atoms with Gasteiger partial charge < -0.3 is 25.3 Å². The molecule has 0 radical (unpaired) electrons. The number of hydrogen-bond acceptors (Lipinski definition) is 6. The van der Waals surface area contributed by atoms with Crippen molar-refractivity contribution in [1.29, 1.82) is 5.26 Å². The van der Waals surface area contributed by atoms with Crippen LogP contribution in [0.1, 0.15) is 11.1 Å². The Kier molecular flexibility index (Phi) is 8.82. The molecule has 2 rings (SSSR count). The van der Waals surface area contributed by atoms with Gasteiger partial charge in [0.05, 0.1) is 39.6 Å². The molecule has 2 aromatic carbocycles. The first kappa shape index (κ1) is 22.8. The lowest BCUT2D eigenvalue weighted by Gasteiger charge is -2.15. The van der Waals surface area contributed by atoms with Crippen LogP contribution in [0.4, 0.5) is 5.69 Å². The van der Waals surface area contributed by atoms with Crippen LogP contribution in [-0.2, 0) is 4.79 Å². The van der Waals surface area contributed by atoms with Crippen molar-refractivity contribution >= 4 is 29.6 Å². The number of hydrogen-bond donors (Lipinski definition) is 2. The second kappa shape index (κ2) is 10.8. The van der Waals surface area contributed by atoms with Crippen molar-refractivity contribution in [3.05, 3.63) is 53.6 Å². The monoisotopic (exact) mass is 403 g/mol. The van der Waals surface area contributed by atoms with Gasteiger partial charge in [-0.3, -0.25) is 4.79 Å². The van der Waals surface area contributed by atoms with Crippen molar-refractivity contribution in [2.24, 2.45) is 5.73 Å². The summed E-state index contributed by atoms with van der Waals surface area (Å²) < 4.78 is 15.9. The Morgan fingerprint density at radius 1 is 1.07 bits per heavy atom. The predicted octanol–water partition coefficient (Wildman–Crippen LogP) is 2.99. The summed E-state index contributed by atoms with van der Waals surface area (Å²) in [5.74, 6) is 1.33. The van der Waals surface area contributed by atoms with Gasteiger partial charge in [-0.15, -0.1) is 12.4 Å². The van der Waals surface area contributed by atoms with Crippen molar-refractivity contribution in [1.82, 2.24) is 0 Å². The SMILES string of the molecule is COc1cc(OC)cc(/C(=C/C#N)c2ccc(OC)c(NC(=O)CN)c2)c1.Cl. The lowest BCUT2D eigenvalue weighted by atomic mass is 9.96. The molecule has 7 nitrogen and oxygen atoms in total. The van der Waals surface area contributed by atoms with Gasteiger partial charge in [-0.05, 0) is 41.0 Å². The Hall–Kier alpha value is -3.21. The molecule has 8 heteroatoms. The number of carbonyl (C=O) groups excluding carboxylic acids is 1. The summed E-state index contributed by atoms with van der Waals surface area (Å²) in [7, 11) is 4.62. The highest BCUT2D eigenvalue weighted by molar-refractivity contribution is 5.95. The van der Waals surface area contributed by atoms with E-state index in [1.807, 2.05) is 0 Å². The fraction of sp³-hybridized carbons (Fsp3) is 0.200. The van der Waals surface area contributed by atoms with Crippen molar-refractivity contribution in [3.8, 4) is 23.3 Å². The zero-order valence-electron chi connectivity index (χ0n) is 15.8. The van der Waals surface area contributed by atoms with E-state index in [-0.39, 0.29) is 24.9 Å². The number of allylic oxidation sites excluding steroid dienone is 1. The minimum absolute atomic E-state index is 0. The Morgan fingerprint density at radius 2 is 1.71 bits per heavy atom. The van der Waals surface area contributed by atoms with E-state index in [2.05, 4.69) is 11.4 Å². The number of nitrogens with one attached hydrogen (secondary N) is 1. The first-order valence-electron chi connectivity index (χ1n) is 8.07. The molecule has 0 aliphatic rings. The van der Waals surface area contributed by atoms with Gasteiger partial charge in [-0.1, -0.05) is 6.07 Å². The fourth-order valence-corrected chi connectivity index (χ4v) is 2.54. The maximum atomic E-state index is 11.7. The second-order valence-corrected chi connectivity index (χ2v) is 5.46. The maximum absolute atomic E-state index is 11.7. The molecule has 0 heterocycles. The van der Waals surface area contributed by atoms with Gasteiger partial charge in [0.1, 0.15) is 17.2 Å². The molecule has 0 saturated carbocycles. The van der Waals surface area contributed by atoms with Gasteiger partial charge in [-0.2, -0.15) is 5.26 Å². The number of methoxy groups -OCH3 is 3. The third kappa shape index (κ3) is 5.39. The van der Waals surface area contributed by atoms with Crippen LogP contribution in [0.3, 0.4) is 0 Å². The number of nitriles is 1. The first-order chi connectivity index (χ1) is 13.1. The van der Waals surface area contributed by atoms with Gasteiger partial charge in [0.2, 0.25) is 5.91 Å². The van der Waals surface area contributed by atoms with E-state index in [0.717, 1.165) is 5.56 Å². The van der Waals surface area contributed by atoms with Crippen LogP contribution < -0.4 is 25.3 Å². The van der Waals surface area contributed by atoms with Gasteiger partial charge >= 0.3 is 0 Å². The van der Waals surface area contributed by atoms with Crippen LogP contribution in [0.15, 0.2) is 42.5 Å². The quantitative estimate of drug-likeness (QED) is 0.688. The normalized spacial score (nSPS) is 10.3. The van der Waals surface area contributed by atoms with Crippen molar-refractivity contribution < 1.29 is 19.0 Å². The highest BCUT2D eigenvalue weighted by Crippen LogP contribution is 2.34. The van der Waals surface area contributed by atoms with E-state index < -0.39 is 0 Å². The molecule has 0 unspecified atom stereocenters. The molecule has 148 valence electrons. The van der Waals surface area contributed by atoms with Crippen molar-refractivity contribution in [3.63, 3.8) is 0 Å². The number of benzene rings is 2. The Bertz CT molecular complexity index is 885. The lowest BCUT2D eigenvalue weighted by molar-refractivity contribution is -0.114. The van der Waals surface area contributed by atoms with Gasteiger partial charge in [0, 0.05) is 12.1 Å². The first-order valence-corrected chi connectivity index (χ1v) is 8.07. The Morgan fingerprint density at radius 3 is 2.21 bits per heavy atom. The number of carbonyl (C=O) groups is 1. The summed E-state index contributed by atoms with van der Waals surface area (Å²) in [6.45, 7) is -0.151. The Labute approximate surface area is 170 Å². The van der Waals surface area contributed by atoms with Crippen LogP contribution in [0.25, 0.3) is 5.57 Å². The summed E-state index contributed by atoms with van der Waals surface area (Å²) in [4.78, 5) is 11.7. The van der Waals surface area contributed by atoms with E-state index in [4.69, 9.17) is 19.9 Å². The Balaban J connectivity index is 0.00000392. The van der Waals surface area contributed by atoms with E-state index >= 15 is 0 Å². The van der Waals surface area contributed by atoms with Gasteiger partial charge in [0.15, 0.2) is 0 Å². The average Bonchev–Trinajstić information content (AvgIpc) is 2.71. The highest BCUT2D eigenvalue weighted by atomic mass is 35.5. The molecule has 0 atom stereocenters. The van der Waals surface area contributed by atoms with Gasteiger partial charge in [-0.25, -0.2) is 0 Å². The van der Waals surface area contributed by atoms with Crippen LogP contribution in [0.2, 0.25) is 0 Å². The zero-order valence-corrected chi connectivity index (χ0v) is 16.6. The molecule has 0 aromatic heterocycles. The van der Waals surface area contributed by atoms with Crippen LogP contribution in [0, 0.1) is 11.3 Å². The molecule has 1 amide bonds. The summed E-state index contributed by atoms with van der Waals surface area (Å²) in [6.07, 6.45) is 1.42. The number of halogens is 1. The van der Waals surface area contributed by atoms with Crippen LogP contribution >= 0.6 is 12.4 Å². The number of nitrogens with zero attached hydrogens (tertiary/aromatic N) is 1. The molecule has 2 aromatic rings. The summed E-state index contributed by atoms with van der Waals surface area (Å²) in [6, 6.07) is 12.6. The molecule has 0 bridgehead atoms. The molecular weight excluding hydrogens is 382 g/mol. The van der Waals surface area contributed by atoms with E-state index in [1.54, 1.807) is 50.6 Å². The molecular formula is C20H22ClN3O4. The average molecular weight is 404 g/mol. The predicted molar refractivity (Wildman–Crippen MR) is 110 cm³/mol. The summed E-state index contributed by atoms with van der Waals surface area (Å²) in [5.41, 5.74) is 7.92. The smallest absolute Gasteiger partial charge is 0.238 e. The van der Waals surface area contributed by atoms with E-state index in [9.17, 15) is 10.1 Å². The van der Waals surface area contributed by atoms with Crippen molar-refractivity contribution in [2.45, 2.75) is 0 Å². The molecule has 0 saturated heterocycles. The third-order valence-electron chi connectivity index (χ3n) is 3.84. The largest absolute Gasteiger partial charge is 0.497 e. The van der Waals surface area contributed by atoms with E-state index in [1.165, 1.54) is 13.2 Å².